The molecule has 0 spiro atoms. The van der Waals surface area contributed by atoms with E-state index in [1.807, 2.05) is 60.7 Å². The van der Waals surface area contributed by atoms with Crippen LogP contribution in [0.3, 0.4) is 0 Å². The molecule has 1 aliphatic rings. The fourth-order valence-electron chi connectivity index (χ4n) is 5.31. The summed E-state index contributed by atoms with van der Waals surface area (Å²) < 4.78 is 32.7. The highest BCUT2D eigenvalue weighted by molar-refractivity contribution is 7.89. The maximum absolute atomic E-state index is 13.1. The van der Waals surface area contributed by atoms with Crippen LogP contribution < -0.4 is 0 Å². The van der Waals surface area contributed by atoms with Gasteiger partial charge in [0.05, 0.1) is 5.52 Å². The number of benzene rings is 3. The number of furan rings is 1. The van der Waals surface area contributed by atoms with Crippen LogP contribution >= 0.6 is 23.2 Å². The maximum atomic E-state index is 13.1. The van der Waals surface area contributed by atoms with Crippen molar-refractivity contribution < 1.29 is 22.7 Å². The summed E-state index contributed by atoms with van der Waals surface area (Å²) in [7, 11) is -3.98. The van der Waals surface area contributed by atoms with Crippen molar-refractivity contribution in [3.63, 3.8) is 0 Å². The first kappa shape index (κ1) is 26.6. The number of nitrogens with zero attached hydrogens (tertiary/aromatic N) is 2. The molecule has 2 N–H and O–H groups in total. The van der Waals surface area contributed by atoms with Gasteiger partial charge in [-0.3, -0.25) is 5.10 Å². The first-order valence-electron chi connectivity index (χ1n) is 12.5. The van der Waals surface area contributed by atoms with Crippen LogP contribution in [-0.4, -0.2) is 47.1 Å². The lowest BCUT2D eigenvalue weighted by Gasteiger charge is -2.20. The van der Waals surface area contributed by atoms with Crippen LogP contribution in [0, 0.1) is 0 Å². The average molecular weight is 596 g/mol. The van der Waals surface area contributed by atoms with Crippen molar-refractivity contribution in [1.82, 2.24) is 14.5 Å². The molecule has 2 aromatic heterocycles. The summed E-state index contributed by atoms with van der Waals surface area (Å²) in [6.45, 7) is 0.485. The summed E-state index contributed by atoms with van der Waals surface area (Å²) in [5.74, 6) is -1.97. The van der Waals surface area contributed by atoms with E-state index in [4.69, 9.17) is 32.7 Å². The summed E-state index contributed by atoms with van der Waals surface area (Å²) >= 11 is 12.4. The van der Waals surface area contributed by atoms with E-state index in [1.165, 1.54) is 10.4 Å². The lowest BCUT2D eigenvalue weighted by atomic mass is 9.84. The second kappa shape index (κ2) is 10.4. The molecule has 0 bridgehead atoms. The molecule has 11 heteroatoms. The molecule has 1 saturated heterocycles. The van der Waals surface area contributed by atoms with Gasteiger partial charge in [0.25, 0.3) is 10.0 Å². The van der Waals surface area contributed by atoms with Crippen molar-refractivity contribution in [3.05, 3.63) is 117 Å². The molecule has 3 aromatic carbocycles. The highest BCUT2D eigenvalue weighted by Gasteiger charge is 2.37. The van der Waals surface area contributed by atoms with Gasteiger partial charge in [0.15, 0.2) is 0 Å². The Hall–Kier alpha value is -3.63. The minimum absolute atomic E-state index is 0.0930. The summed E-state index contributed by atoms with van der Waals surface area (Å²) in [6.07, 6.45) is 0.574. The Morgan fingerprint density at radius 3 is 2.17 bits per heavy atom. The zero-order valence-electron chi connectivity index (χ0n) is 20.9. The highest BCUT2D eigenvalue weighted by atomic mass is 35.5. The van der Waals surface area contributed by atoms with Gasteiger partial charge in [0.1, 0.15) is 0 Å². The topological polar surface area (TPSA) is 116 Å². The Bertz CT molecular complexity index is 1770. The molecule has 1 fully saturated rings. The van der Waals surface area contributed by atoms with Crippen LogP contribution in [0.15, 0.2) is 88.4 Å². The Balaban J connectivity index is 1.34. The van der Waals surface area contributed by atoms with Crippen molar-refractivity contribution in [2.75, 3.05) is 13.1 Å². The monoisotopic (exact) mass is 595 g/mol. The van der Waals surface area contributed by atoms with Gasteiger partial charge in [-0.05, 0) is 71.6 Å². The lowest BCUT2D eigenvalue weighted by molar-refractivity contribution is 0.0656. The Kier molecular flexibility index (Phi) is 6.92. The van der Waals surface area contributed by atoms with Gasteiger partial charge in [0, 0.05) is 46.1 Å². The maximum Gasteiger partial charge on any atom is 0.371 e. The molecular formula is C29H23Cl2N3O5S. The first-order chi connectivity index (χ1) is 19.2. The van der Waals surface area contributed by atoms with E-state index in [-0.39, 0.29) is 30.0 Å². The number of aromatic carboxylic acids is 1. The molecule has 1 unspecified atom stereocenters. The molecule has 40 heavy (non-hydrogen) atoms. The van der Waals surface area contributed by atoms with Crippen molar-refractivity contribution in [2.45, 2.75) is 23.3 Å². The number of rotatable bonds is 7. The van der Waals surface area contributed by atoms with E-state index in [2.05, 4.69) is 16.3 Å². The number of halogens is 2. The Labute approximate surface area is 240 Å². The average Bonchev–Trinajstić information content (AvgIpc) is 3.71. The molecule has 0 amide bonds. The third-order valence-corrected chi connectivity index (χ3v) is 9.54. The Morgan fingerprint density at radius 1 is 0.950 bits per heavy atom. The number of aromatic amines is 1. The number of aromatic nitrogens is 2. The van der Waals surface area contributed by atoms with Gasteiger partial charge in [-0.15, -0.1) is 0 Å². The third-order valence-electron chi connectivity index (χ3n) is 7.29. The normalized spacial score (nSPS) is 16.2. The second-order valence-electron chi connectivity index (χ2n) is 9.72. The van der Waals surface area contributed by atoms with Crippen LogP contribution in [0.2, 0.25) is 10.0 Å². The number of nitrogens with one attached hydrogen (secondary N) is 1. The number of carboxylic acids is 1. The van der Waals surface area contributed by atoms with E-state index >= 15 is 0 Å². The van der Waals surface area contributed by atoms with Crippen LogP contribution in [-0.2, 0) is 10.0 Å². The summed E-state index contributed by atoms with van der Waals surface area (Å²) in [4.78, 5) is 11.2. The van der Waals surface area contributed by atoms with Crippen molar-refractivity contribution in [3.8, 4) is 0 Å². The molecule has 1 atom stereocenters. The number of sulfonamides is 1. The van der Waals surface area contributed by atoms with E-state index in [0.717, 1.165) is 39.4 Å². The summed E-state index contributed by atoms with van der Waals surface area (Å²) in [5.41, 5.74) is 4.80. The van der Waals surface area contributed by atoms with Gasteiger partial charge in [0.2, 0.25) is 10.9 Å². The fourth-order valence-corrected chi connectivity index (χ4v) is 6.97. The van der Waals surface area contributed by atoms with Gasteiger partial charge in [-0.25, -0.2) is 13.2 Å². The molecule has 1 aliphatic heterocycles. The van der Waals surface area contributed by atoms with E-state index < -0.39 is 21.8 Å². The number of hydrogen-bond donors (Lipinski definition) is 2. The number of carbonyl (C=O) groups is 1. The van der Waals surface area contributed by atoms with Crippen LogP contribution in [0.4, 0.5) is 0 Å². The summed E-state index contributed by atoms with van der Waals surface area (Å²) in [6, 6.07) is 23.9. The Morgan fingerprint density at radius 2 is 1.57 bits per heavy atom. The SMILES string of the molecule is O=C(O)c1ccc(S(=O)(=O)N2CCC(c3[nH]nc4ccc(C(c5ccc(Cl)cc5)c5ccc(Cl)cc5)cc34)C2)o1. The van der Waals surface area contributed by atoms with E-state index in [1.54, 1.807) is 0 Å². The van der Waals surface area contributed by atoms with Gasteiger partial charge >= 0.3 is 5.97 Å². The van der Waals surface area contributed by atoms with Crippen LogP contribution in [0.5, 0.6) is 0 Å². The van der Waals surface area contributed by atoms with Crippen molar-refractivity contribution in [2.24, 2.45) is 0 Å². The molecule has 204 valence electrons. The molecule has 6 rings (SSSR count). The highest BCUT2D eigenvalue weighted by Crippen LogP contribution is 2.38. The summed E-state index contributed by atoms with van der Waals surface area (Å²) in [5, 5.41) is 18.6. The largest absolute Gasteiger partial charge is 0.475 e. The van der Waals surface area contributed by atoms with Gasteiger partial charge in [-0.1, -0.05) is 53.5 Å². The molecule has 0 aliphatic carbocycles. The van der Waals surface area contributed by atoms with E-state index in [9.17, 15) is 13.2 Å². The van der Waals surface area contributed by atoms with Crippen LogP contribution in [0.25, 0.3) is 10.9 Å². The quantitative estimate of drug-likeness (QED) is 0.207. The van der Waals surface area contributed by atoms with Gasteiger partial charge < -0.3 is 9.52 Å². The first-order valence-corrected chi connectivity index (χ1v) is 14.7. The predicted molar refractivity (Wildman–Crippen MR) is 152 cm³/mol. The lowest BCUT2D eigenvalue weighted by Crippen LogP contribution is -2.28. The minimum atomic E-state index is -3.98. The fraction of sp³-hybridized carbons (Fsp3) is 0.172. The number of hydrogen-bond acceptors (Lipinski definition) is 5. The second-order valence-corrected chi connectivity index (χ2v) is 12.5. The zero-order valence-corrected chi connectivity index (χ0v) is 23.2. The smallest absolute Gasteiger partial charge is 0.371 e. The molecule has 0 saturated carbocycles. The van der Waals surface area contributed by atoms with Crippen LogP contribution in [0.1, 0.15) is 51.2 Å². The standard InChI is InChI=1S/C29H23Cl2N3O5S/c30-21-6-1-17(2-7-21)27(18-3-8-22(31)9-4-18)19-5-10-24-23(15-19)28(33-32-24)20-13-14-34(16-20)40(37,38)26-12-11-25(39-26)29(35)36/h1-12,15,20,27H,13-14,16H2,(H,32,33)(H,35,36). The third kappa shape index (κ3) is 4.90. The minimum Gasteiger partial charge on any atom is -0.475 e. The zero-order chi connectivity index (χ0) is 28.0. The number of carboxylic acid groups (broad SMARTS) is 1. The van der Waals surface area contributed by atoms with Crippen molar-refractivity contribution in [1.29, 1.82) is 0 Å². The molecule has 5 aromatic rings. The van der Waals surface area contributed by atoms with E-state index in [0.29, 0.717) is 16.5 Å². The molecule has 3 heterocycles. The number of fused-ring (bicyclic) bond motifs is 1. The molecule has 0 radical (unpaired) electrons. The number of H-pyrrole nitrogens is 1. The molecular weight excluding hydrogens is 573 g/mol. The predicted octanol–water partition coefficient (Wildman–Crippen LogP) is 6.52. The van der Waals surface area contributed by atoms with Gasteiger partial charge in [-0.2, -0.15) is 9.40 Å². The van der Waals surface area contributed by atoms with Crippen molar-refractivity contribution >= 4 is 50.1 Å². The molecule has 8 nitrogen and oxygen atoms in total.